The summed E-state index contributed by atoms with van der Waals surface area (Å²) < 4.78 is 19.5. The van der Waals surface area contributed by atoms with Crippen molar-refractivity contribution in [1.82, 2.24) is 20.1 Å². The Hall–Kier alpha value is -3.93. The van der Waals surface area contributed by atoms with Crippen LogP contribution >= 0.6 is 0 Å². The van der Waals surface area contributed by atoms with Gasteiger partial charge in [-0.05, 0) is 43.2 Å². The minimum absolute atomic E-state index is 0.197. The molecule has 2 aromatic heterocycles. The van der Waals surface area contributed by atoms with Crippen LogP contribution in [0.4, 0.5) is 10.2 Å². The number of pyridine rings is 1. The zero-order chi connectivity index (χ0) is 20.8. The van der Waals surface area contributed by atoms with Crippen LogP contribution in [0.3, 0.4) is 0 Å². The molecule has 0 fully saturated rings. The van der Waals surface area contributed by atoms with Gasteiger partial charge in [0.05, 0.1) is 24.1 Å². The number of hydrogen-bond donors (Lipinski definition) is 2. The van der Waals surface area contributed by atoms with Crippen molar-refractivity contribution >= 4 is 11.7 Å². The highest BCUT2D eigenvalue weighted by molar-refractivity contribution is 5.93. The number of nitrogen functional groups attached to an aromatic ring is 1. The second-order valence-electron chi connectivity index (χ2n) is 6.16. The number of hydrogen-bond acceptors (Lipinski definition) is 6. The summed E-state index contributed by atoms with van der Waals surface area (Å²) in [6.45, 7) is 0.388. The summed E-state index contributed by atoms with van der Waals surface area (Å²) in [5.74, 6) is 0.00221. The molecule has 0 spiro atoms. The van der Waals surface area contributed by atoms with Crippen LogP contribution in [0.5, 0.6) is 5.88 Å². The molecule has 0 aliphatic carbocycles. The summed E-state index contributed by atoms with van der Waals surface area (Å²) in [4.78, 5) is 16.1. The minimum atomic E-state index is -0.372. The quantitative estimate of drug-likeness (QED) is 0.593. The second-order valence-corrected chi connectivity index (χ2v) is 6.16. The smallest absolute Gasteiger partial charge is 0.252 e. The van der Waals surface area contributed by atoms with Crippen LogP contribution in [-0.2, 0) is 6.42 Å². The van der Waals surface area contributed by atoms with Crippen molar-refractivity contribution in [1.29, 1.82) is 5.26 Å². The molecule has 1 amide bonds. The highest BCUT2D eigenvalue weighted by atomic mass is 19.1. The van der Waals surface area contributed by atoms with Gasteiger partial charge in [-0.2, -0.15) is 10.4 Å². The fraction of sp³-hybridized carbons (Fsp3) is 0.200. The Kier molecular flexibility index (Phi) is 6.04. The second kappa shape index (κ2) is 8.84. The molecule has 3 aromatic rings. The van der Waals surface area contributed by atoms with Crippen LogP contribution < -0.4 is 15.8 Å². The lowest BCUT2D eigenvalue weighted by atomic mass is 10.1. The number of carbonyl (C=O) groups is 1. The van der Waals surface area contributed by atoms with Crippen LogP contribution in [0.1, 0.15) is 28.0 Å². The van der Waals surface area contributed by atoms with E-state index in [9.17, 15) is 14.4 Å². The molecule has 3 N–H and O–H groups in total. The Morgan fingerprint density at radius 2 is 2.07 bits per heavy atom. The molecular formula is C20H19FN6O2. The van der Waals surface area contributed by atoms with E-state index in [4.69, 9.17) is 10.5 Å². The number of methoxy groups -OCH3 is 1. The number of ether oxygens (including phenoxy) is 1. The zero-order valence-electron chi connectivity index (χ0n) is 15.7. The molecular weight excluding hydrogens is 375 g/mol. The van der Waals surface area contributed by atoms with Crippen molar-refractivity contribution in [3.05, 3.63) is 65.2 Å². The van der Waals surface area contributed by atoms with E-state index in [2.05, 4.69) is 21.5 Å². The fourth-order valence-corrected chi connectivity index (χ4v) is 2.75. The van der Waals surface area contributed by atoms with Gasteiger partial charge in [0.2, 0.25) is 5.88 Å². The van der Waals surface area contributed by atoms with Crippen molar-refractivity contribution in [2.45, 2.75) is 12.8 Å². The predicted molar refractivity (Wildman–Crippen MR) is 104 cm³/mol. The average Bonchev–Trinajstić information content (AvgIpc) is 3.07. The highest BCUT2D eigenvalue weighted by Gasteiger charge is 2.16. The molecule has 0 aliphatic heterocycles. The molecule has 0 saturated carbocycles. The molecule has 0 unspecified atom stereocenters. The van der Waals surface area contributed by atoms with Gasteiger partial charge in [0.15, 0.2) is 0 Å². The number of aromatic nitrogens is 3. The molecule has 29 heavy (non-hydrogen) atoms. The Bertz CT molecular complexity index is 1040. The van der Waals surface area contributed by atoms with Crippen molar-refractivity contribution in [2.75, 3.05) is 19.4 Å². The number of nitriles is 1. The van der Waals surface area contributed by atoms with Gasteiger partial charge < -0.3 is 15.8 Å². The Balaban J connectivity index is 1.61. The molecule has 0 bridgehead atoms. The van der Waals surface area contributed by atoms with Crippen LogP contribution in [0, 0.1) is 17.1 Å². The molecule has 3 rings (SSSR count). The van der Waals surface area contributed by atoms with Crippen molar-refractivity contribution in [3.8, 4) is 17.6 Å². The van der Waals surface area contributed by atoms with E-state index in [1.807, 2.05) is 0 Å². The molecule has 1 aromatic carbocycles. The lowest BCUT2D eigenvalue weighted by molar-refractivity contribution is 0.0952. The van der Waals surface area contributed by atoms with Gasteiger partial charge in [0, 0.05) is 18.8 Å². The number of amides is 1. The first-order chi connectivity index (χ1) is 14.0. The van der Waals surface area contributed by atoms with E-state index in [1.54, 1.807) is 12.1 Å². The molecule has 9 heteroatoms. The number of nitrogens with zero attached hydrogens (tertiary/aromatic N) is 4. The topological polar surface area (TPSA) is 119 Å². The van der Waals surface area contributed by atoms with Crippen LogP contribution in [0.25, 0.3) is 5.69 Å². The highest BCUT2D eigenvalue weighted by Crippen LogP contribution is 2.21. The molecule has 0 atom stereocenters. The van der Waals surface area contributed by atoms with E-state index >= 15 is 0 Å². The number of aryl methyl sites for hydroxylation is 1. The third-order valence-corrected chi connectivity index (χ3v) is 4.26. The molecule has 0 saturated heterocycles. The van der Waals surface area contributed by atoms with Gasteiger partial charge in [-0.15, -0.1) is 0 Å². The number of nitrogens with one attached hydrogen (secondary N) is 1. The summed E-state index contributed by atoms with van der Waals surface area (Å²) in [6, 6.07) is 11.0. The van der Waals surface area contributed by atoms with Crippen molar-refractivity contribution in [2.24, 2.45) is 0 Å². The van der Waals surface area contributed by atoms with Gasteiger partial charge in [0.25, 0.3) is 5.91 Å². The Labute approximate surface area is 166 Å². The van der Waals surface area contributed by atoms with E-state index in [-0.39, 0.29) is 23.1 Å². The lowest BCUT2D eigenvalue weighted by Crippen LogP contribution is -2.25. The average molecular weight is 394 g/mol. The number of rotatable bonds is 7. The summed E-state index contributed by atoms with van der Waals surface area (Å²) in [5, 5.41) is 16.6. The molecule has 8 nitrogen and oxygen atoms in total. The van der Waals surface area contributed by atoms with Crippen molar-refractivity contribution in [3.63, 3.8) is 0 Å². The fourth-order valence-electron chi connectivity index (χ4n) is 2.75. The van der Waals surface area contributed by atoms with Gasteiger partial charge in [-0.1, -0.05) is 0 Å². The summed E-state index contributed by atoms with van der Waals surface area (Å²) in [5.41, 5.74) is 7.82. The SMILES string of the molecule is COc1ccc(C(=O)NCCCc2nn(-c3ccc(F)cc3)c(N)c2C#N)cn1. The first-order valence-corrected chi connectivity index (χ1v) is 8.85. The third kappa shape index (κ3) is 4.50. The monoisotopic (exact) mass is 394 g/mol. The van der Waals surface area contributed by atoms with Crippen LogP contribution in [0.15, 0.2) is 42.6 Å². The zero-order valence-corrected chi connectivity index (χ0v) is 15.7. The maximum atomic E-state index is 13.1. The number of carbonyl (C=O) groups excluding carboxylic acids is 1. The Morgan fingerprint density at radius 1 is 1.31 bits per heavy atom. The van der Waals surface area contributed by atoms with Crippen molar-refractivity contribution < 1.29 is 13.9 Å². The first-order valence-electron chi connectivity index (χ1n) is 8.85. The maximum Gasteiger partial charge on any atom is 0.252 e. The van der Waals surface area contributed by atoms with Gasteiger partial charge >= 0.3 is 0 Å². The lowest BCUT2D eigenvalue weighted by Gasteiger charge is -2.05. The van der Waals surface area contributed by atoms with E-state index in [0.29, 0.717) is 42.2 Å². The summed E-state index contributed by atoms with van der Waals surface area (Å²) in [7, 11) is 1.50. The standard InChI is InChI=1S/C20H19FN6O2/c1-29-18-9-4-13(12-25-18)20(28)24-10-2-3-17-16(11-22)19(23)27(26-17)15-7-5-14(21)6-8-15/h4-9,12H,2-3,10,23H2,1H3,(H,24,28). The summed E-state index contributed by atoms with van der Waals surface area (Å²) >= 11 is 0. The first kappa shape index (κ1) is 19.8. The van der Waals surface area contributed by atoms with E-state index < -0.39 is 0 Å². The van der Waals surface area contributed by atoms with Crippen LogP contribution in [0.2, 0.25) is 0 Å². The molecule has 0 aliphatic rings. The molecule has 148 valence electrons. The van der Waals surface area contributed by atoms with Crippen LogP contribution in [-0.4, -0.2) is 34.3 Å². The molecule has 0 radical (unpaired) electrons. The number of nitrogens with two attached hydrogens (primary N) is 1. The number of benzene rings is 1. The van der Waals surface area contributed by atoms with Gasteiger partial charge in [-0.25, -0.2) is 14.1 Å². The third-order valence-electron chi connectivity index (χ3n) is 4.26. The molecule has 2 heterocycles. The van der Waals surface area contributed by atoms with Gasteiger partial charge in [-0.3, -0.25) is 4.79 Å². The minimum Gasteiger partial charge on any atom is -0.481 e. The Morgan fingerprint density at radius 3 is 2.69 bits per heavy atom. The predicted octanol–water partition coefficient (Wildman–Crippen LogP) is 2.23. The summed E-state index contributed by atoms with van der Waals surface area (Å²) in [6.07, 6.45) is 2.44. The normalized spacial score (nSPS) is 10.4. The van der Waals surface area contributed by atoms with E-state index in [1.165, 1.54) is 42.3 Å². The van der Waals surface area contributed by atoms with E-state index in [0.717, 1.165) is 0 Å². The van der Waals surface area contributed by atoms with Gasteiger partial charge in [0.1, 0.15) is 23.3 Å². The largest absolute Gasteiger partial charge is 0.481 e. The number of anilines is 1. The number of halogens is 1. The maximum absolute atomic E-state index is 13.1.